The number of benzene rings is 1. The van der Waals surface area contributed by atoms with Gasteiger partial charge in [-0.1, -0.05) is 18.4 Å². The zero-order chi connectivity index (χ0) is 17.5. The molecule has 2 rings (SSSR count). The summed E-state index contributed by atoms with van der Waals surface area (Å²) in [6.45, 7) is 2.73. The third-order valence-electron chi connectivity index (χ3n) is 3.32. The van der Waals surface area contributed by atoms with E-state index in [-0.39, 0.29) is 5.95 Å². The van der Waals surface area contributed by atoms with Gasteiger partial charge in [0.05, 0.1) is 27.9 Å². The highest BCUT2D eigenvalue weighted by Crippen LogP contribution is 2.38. The summed E-state index contributed by atoms with van der Waals surface area (Å²) in [5.74, 6) is 0.942. The molecule has 1 aromatic heterocycles. The second-order valence-corrected chi connectivity index (χ2v) is 4.93. The van der Waals surface area contributed by atoms with Gasteiger partial charge in [0.25, 0.3) is 11.9 Å². The number of hydrogen-bond acceptors (Lipinski definition) is 7. The van der Waals surface area contributed by atoms with Crippen molar-refractivity contribution < 1.29 is 19.0 Å². The van der Waals surface area contributed by atoms with E-state index in [1.54, 1.807) is 12.1 Å². The predicted molar refractivity (Wildman–Crippen MR) is 86.8 cm³/mol. The van der Waals surface area contributed by atoms with Crippen LogP contribution in [0.25, 0.3) is 0 Å². The summed E-state index contributed by atoms with van der Waals surface area (Å²) in [6, 6.07) is 3.11. The Labute approximate surface area is 139 Å². The van der Waals surface area contributed by atoms with Crippen LogP contribution in [0, 0.1) is 0 Å². The molecule has 0 saturated carbocycles. The van der Waals surface area contributed by atoms with Crippen molar-refractivity contribution in [3.05, 3.63) is 17.7 Å². The lowest BCUT2D eigenvalue weighted by Gasteiger charge is -2.13. The lowest BCUT2D eigenvalue weighted by molar-refractivity contribution is 0.102. The highest BCUT2D eigenvalue weighted by Gasteiger charge is 2.18. The summed E-state index contributed by atoms with van der Waals surface area (Å²) >= 11 is 0. The van der Waals surface area contributed by atoms with Gasteiger partial charge in [0, 0.05) is 5.56 Å². The maximum atomic E-state index is 12.4. The van der Waals surface area contributed by atoms with Crippen LogP contribution >= 0.6 is 0 Å². The Morgan fingerprint density at radius 2 is 1.83 bits per heavy atom. The molecule has 0 atom stereocenters. The average molecular weight is 335 g/mol. The number of aryl methyl sites for hydroxylation is 1. The minimum atomic E-state index is -0.399. The molecule has 130 valence electrons. The third kappa shape index (κ3) is 3.92. The Bertz CT molecular complexity index is 676. The minimum Gasteiger partial charge on any atom is -0.493 e. The van der Waals surface area contributed by atoms with Crippen LogP contribution in [0.4, 0.5) is 5.95 Å². The Hall–Kier alpha value is -2.84. The molecule has 24 heavy (non-hydrogen) atoms. The van der Waals surface area contributed by atoms with Crippen molar-refractivity contribution in [2.75, 3.05) is 26.6 Å². The van der Waals surface area contributed by atoms with Gasteiger partial charge >= 0.3 is 0 Å². The van der Waals surface area contributed by atoms with Crippen molar-refractivity contribution in [3.8, 4) is 17.2 Å². The number of nitrogens with zero attached hydrogens (tertiary/aromatic N) is 4. The molecule has 0 fully saturated rings. The number of rotatable bonds is 8. The van der Waals surface area contributed by atoms with Gasteiger partial charge in [0.15, 0.2) is 11.5 Å². The maximum Gasteiger partial charge on any atom is 0.270 e. The van der Waals surface area contributed by atoms with E-state index in [4.69, 9.17) is 14.2 Å². The van der Waals surface area contributed by atoms with Crippen LogP contribution in [0.15, 0.2) is 12.1 Å². The highest BCUT2D eigenvalue weighted by molar-refractivity contribution is 6.04. The number of amides is 1. The number of tetrazole rings is 1. The molecule has 0 unspecified atom stereocenters. The smallest absolute Gasteiger partial charge is 0.270 e. The molecule has 0 radical (unpaired) electrons. The van der Waals surface area contributed by atoms with Gasteiger partial charge in [-0.25, -0.2) is 0 Å². The molecule has 0 bridgehead atoms. The second kappa shape index (κ2) is 8.14. The Morgan fingerprint density at radius 3 is 2.38 bits per heavy atom. The number of ether oxygens (including phenoxy) is 3. The molecule has 9 heteroatoms. The lowest BCUT2D eigenvalue weighted by Crippen LogP contribution is -2.14. The van der Waals surface area contributed by atoms with E-state index in [2.05, 4.69) is 27.7 Å². The summed E-state index contributed by atoms with van der Waals surface area (Å²) in [7, 11) is 4.47. The molecule has 0 aliphatic rings. The zero-order valence-corrected chi connectivity index (χ0v) is 14.2. The van der Waals surface area contributed by atoms with Crippen molar-refractivity contribution >= 4 is 11.9 Å². The highest BCUT2D eigenvalue weighted by atomic mass is 16.5. The monoisotopic (exact) mass is 335 g/mol. The van der Waals surface area contributed by atoms with Crippen molar-refractivity contribution in [3.63, 3.8) is 0 Å². The number of unbranched alkanes of at least 4 members (excludes halogenated alkanes) is 1. The summed E-state index contributed by atoms with van der Waals surface area (Å²) in [5, 5.41) is 14.4. The summed E-state index contributed by atoms with van der Waals surface area (Å²) < 4.78 is 15.7. The van der Waals surface area contributed by atoms with Crippen molar-refractivity contribution in [1.29, 1.82) is 0 Å². The summed E-state index contributed by atoms with van der Waals surface area (Å²) in [4.78, 5) is 13.8. The zero-order valence-electron chi connectivity index (χ0n) is 14.2. The average Bonchev–Trinajstić information content (AvgIpc) is 3.05. The fourth-order valence-corrected chi connectivity index (χ4v) is 2.07. The minimum absolute atomic E-state index is 0.143. The Kier molecular flexibility index (Phi) is 5.94. The van der Waals surface area contributed by atoms with Gasteiger partial charge in [-0.3, -0.25) is 10.1 Å². The first-order valence-electron chi connectivity index (χ1n) is 7.52. The van der Waals surface area contributed by atoms with E-state index in [0.29, 0.717) is 29.4 Å². The second-order valence-electron chi connectivity index (χ2n) is 4.93. The SMILES string of the molecule is CCCCn1nnc(NC(=O)c2cc(OC)c(OC)c(OC)c2)n1. The topological polar surface area (TPSA) is 100 Å². The van der Waals surface area contributed by atoms with Crippen LogP contribution in [0.1, 0.15) is 30.1 Å². The van der Waals surface area contributed by atoms with Gasteiger partial charge in [-0.15, -0.1) is 5.10 Å². The van der Waals surface area contributed by atoms with Crippen molar-refractivity contribution in [2.24, 2.45) is 0 Å². The molecule has 1 heterocycles. The van der Waals surface area contributed by atoms with E-state index >= 15 is 0 Å². The predicted octanol–water partition coefficient (Wildman–Crippen LogP) is 1.75. The van der Waals surface area contributed by atoms with Gasteiger partial charge in [0.2, 0.25) is 5.75 Å². The van der Waals surface area contributed by atoms with E-state index in [1.165, 1.54) is 26.1 Å². The quantitative estimate of drug-likeness (QED) is 0.784. The third-order valence-corrected chi connectivity index (χ3v) is 3.32. The number of hydrogen-bond donors (Lipinski definition) is 1. The molecule has 0 aliphatic carbocycles. The molecule has 0 aliphatic heterocycles. The molecule has 0 saturated heterocycles. The van der Waals surface area contributed by atoms with E-state index in [9.17, 15) is 4.79 Å². The van der Waals surface area contributed by atoms with Crippen LogP contribution in [-0.2, 0) is 6.54 Å². The Balaban J connectivity index is 2.18. The van der Waals surface area contributed by atoms with E-state index in [1.807, 2.05) is 0 Å². The van der Waals surface area contributed by atoms with Crippen molar-refractivity contribution in [1.82, 2.24) is 20.2 Å². The van der Waals surface area contributed by atoms with Crippen LogP contribution in [0.2, 0.25) is 0 Å². The lowest BCUT2D eigenvalue weighted by atomic mass is 10.1. The van der Waals surface area contributed by atoms with Crippen LogP contribution in [0.5, 0.6) is 17.2 Å². The molecule has 1 aromatic carbocycles. The van der Waals surface area contributed by atoms with Crippen LogP contribution in [-0.4, -0.2) is 47.4 Å². The standard InChI is InChI=1S/C15H21N5O4/c1-5-6-7-20-18-15(17-19-20)16-14(21)10-8-11(22-2)13(24-4)12(9-10)23-3/h8-9H,5-7H2,1-4H3,(H,16,18,21). The maximum absolute atomic E-state index is 12.4. The number of carbonyl (C=O) groups excluding carboxylic acids is 1. The van der Waals surface area contributed by atoms with Gasteiger partial charge < -0.3 is 14.2 Å². The first-order chi connectivity index (χ1) is 11.6. The fraction of sp³-hybridized carbons (Fsp3) is 0.467. The van der Waals surface area contributed by atoms with Crippen LogP contribution < -0.4 is 19.5 Å². The molecule has 1 N–H and O–H groups in total. The van der Waals surface area contributed by atoms with Crippen molar-refractivity contribution in [2.45, 2.75) is 26.3 Å². The largest absolute Gasteiger partial charge is 0.493 e. The Morgan fingerprint density at radius 1 is 1.17 bits per heavy atom. The number of nitrogens with one attached hydrogen (secondary N) is 1. The molecule has 2 aromatic rings. The van der Waals surface area contributed by atoms with Gasteiger partial charge in [0.1, 0.15) is 0 Å². The number of carbonyl (C=O) groups is 1. The first-order valence-corrected chi connectivity index (χ1v) is 7.52. The van der Waals surface area contributed by atoms with Gasteiger partial charge in [-0.05, 0) is 23.8 Å². The molecule has 0 spiro atoms. The molecular weight excluding hydrogens is 314 g/mol. The normalized spacial score (nSPS) is 10.3. The number of anilines is 1. The fourth-order valence-electron chi connectivity index (χ4n) is 2.07. The van der Waals surface area contributed by atoms with E-state index in [0.717, 1.165) is 12.8 Å². The summed E-state index contributed by atoms with van der Waals surface area (Å²) in [6.07, 6.45) is 1.96. The number of methoxy groups -OCH3 is 3. The summed E-state index contributed by atoms with van der Waals surface area (Å²) in [5.41, 5.74) is 0.328. The van der Waals surface area contributed by atoms with Crippen LogP contribution in [0.3, 0.4) is 0 Å². The molecular formula is C15H21N5O4. The molecule has 1 amide bonds. The van der Waals surface area contributed by atoms with Gasteiger partial charge in [-0.2, -0.15) is 4.80 Å². The molecule has 9 nitrogen and oxygen atoms in total. The van der Waals surface area contributed by atoms with E-state index < -0.39 is 5.91 Å². The number of aromatic nitrogens is 4. The first kappa shape index (κ1) is 17.5.